The Labute approximate surface area is 145 Å². The van der Waals surface area contributed by atoms with Crippen LogP contribution in [-0.4, -0.2) is 16.1 Å². The third-order valence-electron chi connectivity index (χ3n) is 3.96. The maximum Gasteiger partial charge on any atom is 0.257 e. The van der Waals surface area contributed by atoms with Crippen LogP contribution in [0.4, 0.5) is 5.69 Å². The summed E-state index contributed by atoms with van der Waals surface area (Å²) in [6.45, 7) is 1.71. The molecule has 3 N–H and O–H groups in total. The number of carbonyl (C=O) groups excluding carboxylic acids is 1. The number of fused-ring (bicyclic) bond motifs is 2. The van der Waals surface area contributed by atoms with E-state index in [1.54, 1.807) is 12.3 Å². The number of hydrogen-bond donors (Lipinski definition) is 3. The molecular formula is C16H12BrClN4O. The second kappa shape index (κ2) is 5.63. The van der Waals surface area contributed by atoms with E-state index in [2.05, 4.69) is 36.8 Å². The molecule has 0 saturated heterocycles. The molecule has 1 aromatic heterocycles. The summed E-state index contributed by atoms with van der Waals surface area (Å²) in [5, 5.41) is 14.2. The molecule has 116 valence electrons. The topological polar surface area (TPSA) is 69.8 Å². The molecule has 2 heterocycles. The van der Waals surface area contributed by atoms with Gasteiger partial charge in [-0.2, -0.15) is 5.10 Å². The van der Waals surface area contributed by atoms with Gasteiger partial charge in [-0.15, -0.1) is 0 Å². The molecule has 0 aliphatic carbocycles. The fourth-order valence-corrected chi connectivity index (χ4v) is 3.85. The fraction of sp³-hybridized carbons (Fsp3) is 0.125. The third-order valence-corrected chi connectivity index (χ3v) is 4.89. The van der Waals surface area contributed by atoms with E-state index in [0.29, 0.717) is 26.0 Å². The maximum atomic E-state index is 12.7. The van der Waals surface area contributed by atoms with Crippen LogP contribution in [0.2, 0.25) is 5.02 Å². The van der Waals surface area contributed by atoms with Crippen molar-refractivity contribution in [2.45, 2.75) is 13.1 Å². The molecule has 5 nitrogen and oxygen atoms in total. The Morgan fingerprint density at radius 1 is 1.26 bits per heavy atom. The molecule has 1 aliphatic heterocycles. The van der Waals surface area contributed by atoms with Crippen LogP contribution in [0.3, 0.4) is 0 Å². The van der Waals surface area contributed by atoms with Gasteiger partial charge >= 0.3 is 0 Å². The smallest absolute Gasteiger partial charge is 0.257 e. The van der Waals surface area contributed by atoms with Gasteiger partial charge in [0.05, 0.1) is 22.3 Å². The van der Waals surface area contributed by atoms with Gasteiger partial charge in [-0.3, -0.25) is 9.89 Å². The van der Waals surface area contributed by atoms with Gasteiger partial charge in [0.1, 0.15) is 0 Å². The number of hydrogen-bond acceptors (Lipinski definition) is 3. The molecule has 0 radical (unpaired) electrons. The number of rotatable bonds is 2. The second-order valence-electron chi connectivity index (χ2n) is 5.42. The van der Waals surface area contributed by atoms with E-state index in [-0.39, 0.29) is 5.91 Å². The molecule has 0 fully saturated rings. The maximum absolute atomic E-state index is 12.7. The Balaban J connectivity index is 1.71. The van der Waals surface area contributed by atoms with Crippen LogP contribution in [0.1, 0.15) is 21.5 Å². The number of halogens is 2. The van der Waals surface area contributed by atoms with Crippen LogP contribution >= 0.6 is 27.5 Å². The van der Waals surface area contributed by atoms with E-state index in [1.165, 1.54) is 11.1 Å². The normalized spacial score (nSPS) is 13.3. The average Bonchev–Trinajstić information content (AvgIpc) is 3.15. The molecule has 4 rings (SSSR count). The SMILES string of the molecule is O=C(Nc1ccc2c(c1)CNC2)c1c(Br)cc(Cl)c2[nH]ncc12. The monoisotopic (exact) mass is 390 g/mol. The van der Waals surface area contributed by atoms with E-state index >= 15 is 0 Å². The first kappa shape index (κ1) is 14.7. The molecule has 0 atom stereocenters. The summed E-state index contributed by atoms with van der Waals surface area (Å²) in [5.41, 5.74) is 4.42. The van der Waals surface area contributed by atoms with Crippen molar-refractivity contribution in [3.8, 4) is 0 Å². The predicted octanol–water partition coefficient (Wildman–Crippen LogP) is 3.83. The van der Waals surface area contributed by atoms with Crippen LogP contribution in [-0.2, 0) is 13.1 Å². The number of amides is 1. The Bertz CT molecular complexity index is 937. The van der Waals surface area contributed by atoms with Crippen LogP contribution in [0.25, 0.3) is 10.9 Å². The van der Waals surface area contributed by atoms with Gasteiger partial charge < -0.3 is 10.6 Å². The summed E-state index contributed by atoms with van der Waals surface area (Å²) in [4.78, 5) is 12.7. The Morgan fingerprint density at radius 2 is 2.09 bits per heavy atom. The lowest BCUT2D eigenvalue weighted by molar-refractivity contribution is 0.102. The van der Waals surface area contributed by atoms with Crippen LogP contribution in [0.5, 0.6) is 0 Å². The van der Waals surface area contributed by atoms with E-state index < -0.39 is 0 Å². The van der Waals surface area contributed by atoms with Crippen molar-refractivity contribution in [3.63, 3.8) is 0 Å². The summed E-state index contributed by atoms with van der Waals surface area (Å²) in [6.07, 6.45) is 1.60. The predicted molar refractivity (Wildman–Crippen MR) is 93.7 cm³/mol. The minimum Gasteiger partial charge on any atom is -0.322 e. The number of aromatic amines is 1. The molecule has 2 aromatic carbocycles. The van der Waals surface area contributed by atoms with Crippen molar-refractivity contribution in [2.24, 2.45) is 0 Å². The quantitative estimate of drug-likeness (QED) is 0.622. The van der Waals surface area contributed by atoms with Gasteiger partial charge in [0, 0.05) is 28.6 Å². The summed E-state index contributed by atoms with van der Waals surface area (Å²) < 4.78 is 0.636. The standard InChI is InChI=1S/C16H12BrClN4O/c17-12-4-13(18)15-11(7-20-22-15)14(12)16(23)21-10-2-1-8-5-19-6-9(8)3-10/h1-4,7,19H,5-6H2,(H,20,22)(H,21,23). The van der Waals surface area contributed by atoms with Crippen molar-refractivity contribution in [2.75, 3.05) is 5.32 Å². The Hall–Kier alpha value is -1.89. The van der Waals surface area contributed by atoms with Gasteiger partial charge in [0.25, 0.3) is 5.91 Å². The molecule has 7 heteroatoms. The fourth-order valence-electron chi connectivity index (χ4n) is 2.84. The number of nitrogens with zero attached hydrogens (tertiary/aromatic N) is 1. The van der Waals surface area contributed by atoms with Crippen LogP contribution in [0.15, 0.2) is 34.9 Å². The first-order valence-corrected chi connectivity index (χ1v) is 8.25. The number of aromatic nitrogens is 2. The molecule has 0 saturated carbocycles. The molecule has 1 amide bonds. The highest BCUT2D eigenvalue weighted by atomic mass is 79.9. The lowest BCUT2D eigenvalue weighted by Gasteiger charge is -2.10. The van der Waals surface area contributed by atoms with Crippen molar-refractivity contribution in [3.05, 3.63) is 56.6 Å². The minimum atomic E-state index is -0.203. The molecule has 0 bridgehead atoms. The highest BCUT2D eigenvalue weighted by Gasteiger charge is 2.19. The van der Waals surface area contributed by atoms with Crippen LogP contribution in [0, 0.1) is 0 Å². The van der Waals surface area contributed by atoms with E-state index in [4.69, 9.17) is 11.6 Å². The average molecular weight is 392 g/mol. The minimum absolute atomic E-state index is 0.203. The highest BCUT2D eigenvalue weighted by molar-refractivity contribution is 9.10. The summed E-state index contributed by atoms with van der Waals surface area (Å²) in [7, 11) is 0. The third kappa shape index (κ3) is 2.52. The van der Waals surface area contributed by atoms with Gasteiger partial charge in [0.15, 0.2) is 0 Å². The largest absolute Gasteiger partial charge is 0.322 e. The van der Waals surface area contributed by atoms with E-state index in [0.717, 1.165) is 18.8 Å². The summed E-state index contributed by atoms with van der Waals surface area (Å²) in [6, 6.07) is 7.66. The molecule has 0 spiro atoms. The number of carbonyl (C=O) groups is 1. The number of benzene rings is 2. The zero-order chi connectivity index (χ0) is 16.0. The first-order chi connectivity index (χ1) is 11.1. The number of anilines is 1. The highest BCUT2D eigenvalue weighted by Crippen LogP contribution is 2.32. The molecular weight excluding hydrogens is 380 g/mol. The molecule has 3 aromatic rings. The lowest BCUT2D eigenvalue weighted by Crippen LogP contribution is -2.13. The Kier molecular flexibility index (Phi) is 3.60. The Morgan fingerprint density at radius 3 is 2.96 bits per heavy atom. The molecule has 0 unspecified atom stereocenters. The first-order valence-electron chi connectivity index (χ1n) is 7.08. The zero-order valence-electron chi connectivity index (χ0n) is 11.9. The van der Waals surface area contributed by atoms with E-state index in [1.807, 2.05) is 18.2 Å². The van der Waals surface area contributed by atoms with Crippen molar-refractivity contribution >= 4 is 50.0 Å². The van der Waals surface area contributed by atoms with Gasteiger partial charge in [-0.1, -0.05) is 17.7 Å². The van der Waals surface area contributed by atoms with E-state index in [9.17, 15) is 4.79 Å². The lowest BCUT2D eigenvalue weighted by atomic mass is 10.1. The van der Waals surface area contributed by atoms with Crippen molar-refractivity contribution in [1.29, 1.82) is 0 Å². The van der Waals surface area contributed by atoms with Crippen LogP contribution < -0.4 is 10.6 Å². The number of H-pyrrole nitrogens is 1. The summed E-state index contributed by atoms with van der Waals surface area (Å²) >= 11 is 9.58. The van der Waals surface area contributed by atoms with Gasteiger partial charge in [0.2, 0.25) is 0 Å². The summed E-state index contributed by atoms with van der Waals surface area (Å²) in [5.74, 6) is -0.203. The van der Waals surface area contributed by atoms with Gasteiger partial charge in [-0.25, -0.2) is 0 Å². The molecule has 23 heavy (non-hydrogen) atoms. The number of nitrogens with one attached hydrogen (secondary N) is 3. The molecule has 1 aliphatic rings. The van der Waals surface area contributed by atoms with Crippen molar-refractivity contribution < 1.29 is 4.79 Å². The van der Waals surface area contributed by atoms with Crippen molar-refractivity contribution in [1.82, 2.24) is 15.5 Å². The van der Waals surface area contributed by atoms with Gasteiger partial charge in [-0.05, 0) is 45.3 Å². The second-order valence-corrected chi connectivity index (χ2v) is 6.68. The zero-order valence-corrected chi connectivity index (χ0v) is 14.3.